The molecule has 1 unspecified atom stereocenters. The second-order valence-corrected chi connectivity index (χ2v) is 9.38. The van der Waals surface area contributed by atoms with Crippen molar-refractivity contribution in [1.29, 1.82) is 0 Å². The summed E-state index contributed by atoms with van der Waals surface area (Å²) < 4.78 is 25.7. The SMILES string of the molecule is CCOC(=O)c1cn2c(cc1=O)-c1c3cccc(OCCCOC)c3nn1CC2C(C)(C)COC. The van der Waals surface area contributed by atoms with Crippen molar-refractivity contribution in [2.45, 2.75) is 39.8 Å². The van der Waals surface area contributed by atoms with Crippen molar-refractivity contribution in [3.05, 3.63) is 46.2 Å². The van der Waals surface area contributed by atoms with Crippen molar-refractivity contribution in [1.82, 2.24) is 14.3 Å². The Morgan fingerprint density at radius 3 is 2.71 bits per heavy atom. The van der Waals surface area contributed by atoms with Crippen molar-refractivity contribution in [2.24, 2.45) is 5.41 Å². The first-order valence-electron chi connectivity index (χ1n) is 11.9. The first-order chi connectivity index (χ1) is 16.8. The van der Waals surface area contributed by atoms with Crippen LogP contribution in [0, 0.1) is 5.41 Å². The van der Waals surface area contributed by atoms with E-state index < -0.39 is 5.97 Å². The summed E-state index contributed by atoms with van der Waals surface area (Å²) in [5.41, 5.74) is 1.57. The Morgan fingerprint density at radius 2 is 2.00 bits per heavy atom. The van der Waals surface area contributed by atoms with Crippen molar-refractivity contribution in [3.8, 4) is 17.1 Å². The molecular weight excluding hydrogens is 450 g/mol. The highest BCUT2D eigenvalue weighted by molar-refractivity contribution is 5.97. The number of hydrogen-bond acceptors (Lipinski definition) is 7. The average molecular weight is 484 g/mol. The van der Waals surface area contributed by atoms with Crippen LogP contribution in [0.4, 0.5) is 0 Å². The average Bonchev–Trinajstić information content (AvgIpc) is 3.20. The summed E-state index contributed by atoms with van der Waals surface area (Å²) in [5.74, 6) is 0.0667. The molecule has 0 aliphatic carbocycles. The van der Waals surface area contributed by atoms with Crippen LogP contribution in [0.25, 0.3) is 22.3 Å². The van der Waals surface area contributed by atoms with Crippen LogP contribution in [0.1, 0.15) is 43.6 Å². The summed E-state index contributed by atoms with van der Waals surface area (Å²) in [6.45, 7) is 8.28. The molecule has 0 saturated carbocycles. The summed E-state index contributed by atoms with van der Waals surface area (Å²) in [4.78, 5) is 25.6. The van der Waals surface area contributed by atoms with Gasteiger partial charge in [-0.1, -0.05) is 26.0 Å². The van der Waals surface area contributed by atoms with Gasteiger partial charge in [0.2, 0.25) is 0 Å². The highest BCUT2D eigenvalue weighted by Gasteiger charge is 2.38. The Balaban J connectivity index is 1.88. The van der Waals surface area contributed by atoms with Gasteiger partial charge in [0.1, 0.15) is 16.8 Å². The molecule has 1 aliphatic rings. The third-order valence-corrected chi connectivity index (χ3v) is 6.40. The lowest BCUT2D eigenvalue weighted by Crippen LogP contribution is -2.39. The van der Waals surface area contributed by atoms with Crippen LogP contribution < -0.4 is 10.2 Å². The van der Waals surface area contributed by atoms with E-state index >= 15 is 0 Å². The molecule has 0 saturated heterocycles. The lowest BCUT2D eigenvalue weighted by atomic mass is 9.83. The first kappa shape index (κ1) is 24.9. The molecule has 3 aromatic rings. The molecule has 1 atom stereocenters. The van der Waals surface area contributed by atoms with Gasteiger partial charge in [0.15, 0.2) is 5.43 Å². The van der Waals surface area contributed by atoms with Crippen LogP contribution in [-0.4, -0.2) is 61.0 Å². The van der Waals surface area contributed by atoms with Gasteiger partial charge in [-0.3, -0.25) is 9.48 Å². The number of esters is 1. The summed E-state index contributed by atoms with van der Waals surface area (Å²) in [5, 5.41) is 5.79. The molecule has 0 N–H and O–H groups in total. The number of carbonyl (C=O) groups excluding carboxylic acids is 1. The number of benzene rings is 1. The smallest absolute Gasteiger partial charge is 0.343 e. The molecule has 4 rings (SSSR count). The van der Waals surface area contributed by atoms with Crippen LogP contribution in [0.5, 0.6) is 5.75 Å². The monoisotopic (exact) mass is 483 g/mol. The van der Waals surface area contributed by atoms with Crippen molar-refractivity contribution >= 4 is 16.9 Å². The molecule has 9 heteroatoms. The van der Waals surface area contributed by atoms with E-state index in [-0.39, 0.29) is 29.1 Å². The number of methoxy groups -OCH3 is 2. The van der Waals surface area contributed by atoms with E-state index in [0.29, 0.717) is 37.8 Å². The summed E-state index contributed by atoms with van der Waals surface area (Å²) in [6.07, 6.45) is 2.40. The Labute approximate surface area is 204 Å². The normalized spacial score (nSPS) is 15.1. The van der Waals surface area contributed by atoms with Crippen LogP contribution in [0.3, 0.4) is 0 Å². The standard InChI is InChI=1S/C26H33N3O6/c1-6-34-25(31)18-14-28-19(13-20(18)30)24-17-9-7-10-21(35-12-8-11-32-4)23(17)27-29(24)15-22(28)26(2,3)16-33-5/h7,9-10,13-14,22H,6,8,11-12,15-16H2,1-5H3. The molecule has 0 radical (unpaired) electrons. The molecule has 0 fully saturated rings. The molecule has 9 nitrogen and oxygen atoms in total. The predicted molar refractivity (Wildman–Crippen MR) is 132 cm³/mol. The zero-order chi connectivity index (χ0) is 25.2. The van der Waals surface area contributed by atoms with Crippen LogP contribution in [0.2, 0.25) is 0 Å². The predicted octanol–water partition coefficient (Wildman–Crippen LogP) is 3.68. The van der Waals surface area contributed by atoms with Gasteiger partial charge in [-0.25, -0.2) is 4.79 Å². The summed E-state index contributed by atoms with van der Waals surface area (Å²) in [7, 11) is 3.33. The molecule has 3 heterocycles. The van der Waals surface area contributed by atoms with Crippen LogP contribution in [0.15, 0.2) is 35.3 Å². The Hall–Kier alpha value is -3.17. The lowest BCUT2D eigenvalue weighted by Gasteiger charge is -2.40. The fourth-order valence-corrected chi connectivity index (χ4v) is 4.73. The van der Waals surface area contributed by atoms with E-state index in [1.807, 2.05) is 27.4 Å². The maximum atomic E-state index is 13.0. The van der Waals surface area contributed by atoms with Crippen LogP contribution >= 0.6 is 0 Å². The number of rotatable bonds is 10. The summed E-state index contributed by atoms with van der Waals surface area (Å²) >= 11 is 0. The maximum Gasteiger partial charge on any atom is 0.343 e. The van der Waals surface area contributed by atoms with Gasteiger partial charge in [0, 0.05) is 50.3 Å². The number of fused-ring (bicyclic) bond motifs is 5. The number of pyridine rings is 1. The molecule has 0 amide bonds. The van der Waals surface area contributed by atoms with Crippen molar-refractivity contribution in [2.75, 3.05) is 40.6 Å². The molecule has 1 aliphatic heterocycles. The first-order valence-corrected chi connectivity index (χ1v) is 11.9. The highest BCUT2D eigenvalue weighted by atomic mass is 16.5. The van der Waals surface area contributed by atoms with Gasteiger partial charge in [0.05, 0.1) is 43.8 Å². The quantitative estimate of drug-likeness (QED) is 0.321. The highest BCUT2D eigenvalue weighted by Crippen LogP contribution is 2.43. The fraction of sp³-hybridized carbons (Fsp3) is 0.500. The molecule has 1 aromatic carbocycles. The van der Waals surface area contributed by atoms with E-state index in [0.717, 1.165) is 23.0 Å². The Morgan fingerprint density at radius 1 is 1.20 bits per heavy atom. The largest absolute Gasteiger partial charge is 0.491 e. The molecule has 0 bridgehead atoms. The number of hydrogen-bond donors (Lipinski definition) is 0. The van der Waals surface area contributed by atoms with E-state index in [9.17, 15) is 9.59 Å². The Bertz CT molecular complexity index is 1280. The summed E-state index contributed by atoms with van der Waals surface area (Å²) in [6, 6.07) is 7.19. The molecule has 35 heavy (non-hydrogen) atoms. The molecule has 2 aromatic heterocycles. The Kier molecular flexibility index (Phi) is 7.28. The van der Waals surface area contributed by atoms with Crippen molar-refractivity contribution in [3.63, 3.8) is 0 Å². The molecule has 188 valence electrons. The van der Waals surface area contributed by atoms with Crippen LogP contribution in [-0.2, 0) is 20.8 Å². The third-order valence-electron chi connectivity index (χ3n) is 6.40. The van der Waals surface area contributed by atoms with Gasteiger partial charge in [-0.05, 0) is 13.0 Å². The number of ether oxygens (including phenoxy) is 4. The zero-order valence-electron chi connectivity index (χ0n) is 21.0. The van der Waals surface area contributed by atoms with E-state index in [1.165, 1.54) is 6.07 Å². The minimum absolute atomic E-state index is 0.0215. The van der Waals surface area contributed by atoms with Gasteiger partial charge in [-0.15, -0.1) is 0 Å². The lowest BCUT2D eigenvalue weighted by molar-refractivity contribution is 0.0499. The fourth-order valence-electron chi connectivity index (χ4n) is 4.73. The second kappa shape index (κ2) is 10.2. The minimum Gasteiger partial charge on any atom is -0.491 e. The van der Waals surface area contributed by atoms with Gasteiger partial charge in [-0.2, -0.15) is 5.10 Å². The number of carbonyl (C=O) groups is 1. The molecular formula is C26H33N3O6. The minimum atomic E-state index is -0.619. The maximum absolute atomic E-state index is 13.0. The van der Waals surface area contributed by atoms with Crippen molar-refractivity contribution < 1.29 is 23.7 Å². The van der Waals surface area contributed by atoms with Gasteiger partial charge < -0.3 is 23.5 Å². The number of nitrogens with zero attached hydrogens (tertiary/aromatic N) is 3. The van der Waals surface area contributed by atoms with E-state index in [4.69, 9.17) is 24.0 Å². The van der Waals surface area contributed by atoms with Gasteiger partial charge >= 0.3 is 5.97 Å². The third kappa shape index (κ3) is 4.70. The second-order valence-electron chi connectivity index (χ2n) is 9.38. The topological polar surface area (TPSA) is 93.8 Å². The van der Waals surface area contributed by atoms with Gasteiger partial charge in [0.25, 0.3) is 0 Å². The zero-order valence-corrected chi connectivity index (χ0v) is 21.0. The number of aromatic nitrogens is 3. The van der Waals surface area contributed by atoms with E-state index in [1.54, 1.807) is 27.3 Å². The van der Waals surface area contributed by atoms with E-state index in [2.05, 4.69) is 13.8 Å². The molecule has 0 spiro atoms.